The van der Waals surface area contributed by atoms with Gasteiger partial charge in [0.25, 0.3) is 5.91 Å². The molecule has 0 aliphatic carbocycles. The molecule has 4 N–H and O–H groups in total. The number of hydrogen-bond acceptors (Lipinski definition) is 4. The Morgan fingerprint density at radius 1 is 1.38 bits per heavy atom. The van der Waals surface area contributed by atoms with Gasteiger partial charge in [-0.3, -0.25) is 10.6 Å². The molecule has 2 aromatic rings. The van der Waals surface area contributed by atoms with Gasteiger partial charge in [0, 0.05) is 12.5 Å². The van der Waals surface area contributed by atoms with Gasteiger partial charge in [0.1, 0.15) is 5.76 Å². The lowest BCUT2D eigenvalue weighted by Gasteiger charge is -2.15. The fraction of sp³-hybridized carbons (Fsp3) is 0.312. The van der Waals surface area contributed by atoms with Gasteiger partial charge in [-0.2, -0.15) is 0 Å². The number of nitrogens with one attached hydrogen (secondary N) is 2. The quantitative estimate of drug-likeness (QED) is 0.563. The van der Waals surface area contributed by atoms with Crippen molar-refractivity contribution in [3.05, 3.63) is 53.5 Å². The molecule has 0 saturated carbocycles. The zero-order valence-corrected chi connectivity index (χ0v) is 12.3. The Morgan fingerprint density at radius 2 is 2.19 bits per heavy atom. The van der Waals surface area contributed by atoms with Gasteiger partial charge in [-0.25, -0.2) is 0 Å². The first-order valence-electron chi connectivity index (χ1n) is 7.00. The molecule has 5 heteroatoms. The molecule has 0 aliphatic rings. The molecule has 5 nitrogen and oxygen atoms in total. The average molecular weight is 287 g/mol. The minimum atomic E-state index is -0.126. The molecule has 0 aliphatic heterocycles. The van der Waals surface area contributed by atoms with Crippen molar-refractivity contribution in [1.29, 1.82) is 0 Å². The summed E-state index contributed by atoms with van der Waals surface area (Å²) in [6, 6.07) is 9.39. The molecule has 0 spiro atoms. The van der Waals surface area contributed by atoms with Crippen molar-refractivity contribution in [2.75, 3.05) is 5.43 Å². The summed E-state index contributed by atoms with van der Waals surface area (Å²) in [6.07, 6.45) is 3.27. The van der Waals surface area contributed by atoms with Gasteiger partial charge in [-0.05, 0) is 44.5 Å². The number of carbonyl (C=O) groups excluding carboxylic acids is 1. The van der Waals surface area contributed by atoms with Gasteiger partial charge >= 0.3 is 0 Å². The normalized spacial score (nSPS) is 12.0. The van der Waals surface area contributed by atoms with Gasteiger partial charge in [0.05, 0.1) is 17.5 Å². The number of amides is 1. The van der Waals surface area contributed by atoms with Crippen molar-refractivity contribution in [2.24, 2.45) is 5.84 Å². The van der Waals surface area contributed by atoms with Crippen molar-refractivity contribution < 1.29 is 9.21 Å². The van der Waals surface area contributed by atoms with Gasteiger partial charge in [-0.15, -0.1) is 0 Å². The predicted octanol–water partition coefficient (Wildman–Crippen LogP) is 2.62. The highest BCUT2D eigenvalue weighted by Crippen LogP contribution is 2.16. The van der Waals surface area contributed by atoms with E-state index >= 15 is 0 Å². The number of hydrazine groups is 1. The second kappa shape index (κ2) is 6.95. The minimum Gasteiger partial charge on any atom is -0.469 e. The molecule has 1 aromatic heterocycles. The average Bonchev–Trinajstić information content (AvgIpc) is 2.98. The summed E-state index contributed by atoms with van der Waals surface area (Å²) < 4.78 is 5.29. The number of nitrogen functional groups attached to an aromatic ring is 1. The minimum absolute atomic E-state index is 0.0498. The number of anilines is 1. The van der Waals surface area contributed by atoms with E-state index in [1.165, 1.54) is 0 Å². The van der Waals surface area contributed by atoms with Crippen LogP contribution in [0.2, 0.25) is 0 Å². The summed E-state index contributed by atoms with van der Waals surface area (Å²) in [4.78, 5) is 12.3. The molecule has 1 atom stereocenters. The van der Waals surface area contributed by atoms with E-state index in [9.17, 15) is 4.79 Å². The predicted molar refractivity (Wildman–Crippen MR) is 82.9 cm³/mol. The van der Waals surface area contributed by atoms with Crippen LogP contribution in [0.25, 0.3) is 0 Å². The van der Waals surface area contributed by atoms with E-state index in [2.05, 4.69) is 10.7 Å². The van der Waals surface area contributed by atoms with Crippen LogP contribution in [-0.2, 0) is 6.42 Å². The highest BCUT2D eigenvalue weighted by atomic mass is 16.3. The third kappa shape index (κ3) is 4.10. The zero-order valence-electron chi connectivity index (χ0n) is 12.3. The van der Waals surface area contributed by atoms with E-state index in [1.54, 1.807) is 12.3 Å². The second-order valence-corrected chi connectivity index (χ2v) is 5.19. The lowest BCUT2D eigenvalue weighted by molar-refractivity contribution is 0.0939. The molecular weight excluding hydrogens is 266 g/mol. The molecule has 0 saturated heterocycles. The Hall–Kier alpha value is -2.27. The third-order valence-corrected chi connectivity index (χ3v) is 3.36. The first-order valence-corrected chi connectivity index (χ1v) is 7.00. The van der Waals surface area contributed by atoms with Crippen LogP contribution < -0.4 is 16.6 Å². The summed E-state index contributed by atoms with van der Waals surface area (Å²) in [5, 5.41) is 2.98. The molecule has 1 unspecified atom stereocenters. The van der Waals surface area contributed by atoms with Gasteiger partial charge < -0.3 is 15.2 Å². The molecule has 21 heavy (non-hydrogen) atoms. The first-order chi connectivity index (χ1) is 10.1. The number of rotatable bonds is 6. The van der Waals surface area contributed by atoms with E-state index < -0.39 is 0 Å². The zero-order chi connectivity index (χ0) is 15.2. The van der Waals surface area contributed by atoms with Crippen LogP contribution in [0.5, 0.6) is 0 Å². The SMILES string of the molecule is Cc1ccc(NN)c(C(=O)NC(C)CCc2ccco2)c1. The van der Waals surface area contributed by atoms with Crippen LogP contribution in [0, 0.1) is 6.92 Å². The highest BCUT2D eigenvalue weighted by Gasteiger charge is 2.14. The standard InChI is InChI=1S/C16H21N3O2/c1-11-5-8-15(19-17)14(10-11)16(20)18-12(2)6-7-13-4-3-9-21-13/h3-5,8-10,12,19H,6-7,17H2,1-2H3,(H,18,20). The van der Waals surface area contributed by atoms with Gasteiger partial charge in [0.2, 0.25) is 0 Å². The van der Waals surface area contributed by atoms with E-state index in [0.29, 0.717) is 11.3 Å². The van der Waals surface area contributed by atoms with Crippen molar-refractivity contribution >= 4 is 11.6 Å². The summed E-state index contributed by atoms with van der Waals surface area (Å²) in [5.74, 6) is 6.25. The van der Waals surface area contributed by atoms with E-state index in [4.69, 9.17) is 10.3 Å². The maximum Gasteiger partial charge on any atom is 0.253 e. The lowest BCUT2D eigenvalue weighted by Crippen LogP contribution is -2.33. The second-order valence-electron chi connectivity index (χ2n) is 5.19. The largest absolute Gasteiger partial charge is 0.469 e. The molecule has 2 rings (SSSR count). The number of aryl methyl sites for hydroxylation is 2. The van der Waals surface area contributed by atoms with Crippen LogP contribution in [0.1, 0.15) is 35.0 Å². The summed E-state index contributed by atoms with van der Waals surface area (Å²) in [6.45, 7) is 3.92. The van der Waals surface area contributed by atoms with Crippen LogP contribution in [-0.4, -0.2) is 11.9 Å². The number of nitrogens with two attached hydrogens (primary N) is 1. The van der Waals surface area contributed by atoms with E-state index in [-0.39, 0.29) is 11.9 Å². The van der Waals surface area contributed by atoms with Gasteiger partial charge in [0.15, 0.2) is 0 Å². The third-order valence-electron chi connectivity index (χ3n) is 3.36. The van der Waals surface area contributed by atoms with Crippen molar-refractivity contribution in [3.63, 3.8) is 0 Å². The topological polar surface area (TPSA) is 80.3 Å². The molecule has 1 amide bonds. The molecule has 0 fully saturated rings. The molecular formula is C16H21N3O2. The van der Waals surface area contributed by atoms with Crippen molar-refractivity contribution in [2.45, 2.75) is 32.7 Å². The Balaban J connectivity index is 1.95. The molecule has 1 aromatic carbocycles. The molecule has 0 radical (unpaired) electrons. The van der Waals surface area contributed by atoms with Crippen molar-refractivity contribution in [1.82, 2.24) is 5.32 Å². The Kier molecular flexibility index (Phi) is 5.00. The maximum atomic E-state index is 12.3. The highest BCUT2D eigenvalue weighted by molar-refractivity contribution is 5.99. The van der Waals surface area contributed by atoms with E-state index in [1.807, 2.05) is 38.1 Å². The fourth-order valence-electron chi connectivity index (χ4n) is 2.16. The van der Waals surface area contributed by atoms with Crippen LogP contribution in [0.3, 0.4) is 0 Å². The number of carbonyl (C=O) groups is 1. The Bertz CT molecular complexity index is 594. The number of benzene rings is 1. The summed E-state index contributed by atoms with van der Waals surface area (Å²) in [5.41, 5.74) is 4.75. The van der Waals surface area contributed by atoms with Crippen LogP contribution >= 0.6 is 0 Å². The number of hydrogen-bond donors (Lipinski definition) is 3. The lowest BCUT2D eigenvalue weighted by atomic mass is 10.1. The first kappa shape index (κ1) is 15.1. The number of furan rings is 1. The Morgan fingerprint density at radius 3 is 2.86 bits per heavy atom. The van der Waals surface area contributed by atoms with Crippen LogP contribution in [0.4, 0.5) is 5.69 Å². The molecule has 112 valence electrons. The Labute approximate surface area is 124 Å². The summed E-state index contributed by atoms with van der Waals surface area (Å²) in [7, 11) is 0. The maximum absolute atomic E-state index is 12.3. The van der Waals surface area contributed by atoms with Gasteiger partial charge in [-0.1, -0.05) is 11.6 Å². The summed E-state index contributed by atoms with van der Waals surface area (Å²) >= 11 is 0. The smallest absolute Gasteiger partial charge is 0.253 e. The molecule has 0 bridgehead atoms. The monoisotopic (exact) mass is 287 g/mol. The van der Waals surface area contributed by atoms with Crippen molar-refractivity contribution in [3.8, 4) is 0 Å². The molecule has 1 heterocycles. The fourth-order valence-corrected chi connectivity index (χ4v) is 2.16. The van der Waals surface area contributed by atoms with E-state index in [0.717, 1.165) is 24.2 Å². The van der Waals surface area contributed by atoms with Crippen LogP contribution in [0.15, 0.2) is 41.0 Å².